The second kappa shape index (κ2) is 5.59. The van der Waals surface area contributed by atoms with Crippen LogP contribution in [0.15, 0.2) is 53.4 Å². The highest BCUT2D eigenvalue weighted by Crippen LogP contribution is 2.31. The minimum absolute atomic E-state index is 0.0639. The molecule has 20 heavy (non-hydrogen) atoms. The first-order chi connectivity index (χ1) is 9.72. The Hall–Kier alpha value is -1.94. The van der Waals surface area contributed by atoms with E-state index in [1.807, 2.05) is 42.5 Å². The van der Waals surface area contributed by atoms with Gasteiger partial charge in [0.2, 0.25) is 5.91 Å². The molecule has 1 unspecified atom stereocenters. The zero-order valence-electron chi connectivity index (χ0n) is 11.0. The van der Waals surface area contributed by atoms with Gasteiger partial charge in [0.15, 0.2) is 0 Å². The van der Waals surface area contributed by atoms with Gasteiger partial charge in [0, 0.05) is 16.3 Å². The smallest absolute Gasteiger partial charge is 0.237 e. The van der Waals surface area contributed by atoms with Gasteiger partial charge in [0.1, 0.15) is 0 Å². The molecule has 0 saturated carbocycles. The van der Waals surface area contributed by atoms with Gasteiger partial charge in [-0.1, -0.05) is 18.2 Å². The lowest BCUT2D eigenvalue weighted by Crippen LogP contribution is -2.23. The van der Waals surface area contributed by atoms with Crippen LogP contribution in [-0.4, -0.2) is 11.2 Å². The van der Waals surface area contributed by atoms with Gasteiger partial charge in [-0.3, -0.25) is 4.79 Å². The topological polar surface area (TPSA) is 55.1 Å². The Morgan fingerprint density at radius 1 is 1.10 bits per heavy atom. The van der Waals surface area contributed by atoms with E-state index < -0.39 is 0 Å². The molecular formula is C16H16N2OS. The Balaban J connectivity index is 1.76. The summed E-state index contributed by atoms with van der Waals surface area (Å²) in [5.74, 6) is 0.0803. The average Bonchev–Trinajstić information content (AvgIpc) is 2.61. The van der Waals surface area contributed by atoms with Crippen LogP contribution in [0, 0.1) is 0 Å². The summed E-state index contributed by atoms with van der Waals surface area (Å²) in [5.41, 5.74) is 8.58. The Kier molecular flexibility index (Phi) is 3.65. The molecule has 1 amide bonds. The number of rotatable bonds is 2. The average molecular weight is 284 g/mol. The van der Waals surface area contributed by atoms with Crippen LogP contribution < -0.4 is 11.1 Å². The van der Waals surface area contributed by atoms with E-state index in [2.05, 4.69) is 11.4 Å². The fourth-order valence-electron chi connectivity index (χ4n) is 2.31. The molecule has 0 aromatic heterocycles. The first kappa shape index (κ1) is 13.1. The van der Waals surface area contributed by atoms with Crippen molar-refractivity contribution in [2.45, 2.75) is 23.0 Å². The van der Waals surface area contributed by atoms with E-state index in [4.69, 9.17) is 5.73 Å². The van der Waals surface area contributed by atoms with Crippen molar-refractivity contribution in [3.8, 4) is 0 Å². The number of para-hydroxylation sites is 1. The number of amides is 1. The lowest BCUT2D eigenvalue weighted by Gasteiger charge is -2.12. The van der Waals surface area contributed by atoms with E-state index in [1.165, 1.54) is 5.56 Å². The molecule has 3 rings (SSSR count). The summed E-state index contributed by atoms with van der Waals surface area (Å²) in [7, 11) is 0. The summed E-state index contributed by atoms with van der Waals surface area (Å²) in [6, 6.07) is 15.7. The van der Waals surface area contributed by atoms with Crippen molar-refractivity contribution in [2.24, 2.45) is 0 Å². The Morgan fingerprint density at radius 3 is 2.65 bits per heavy atom. The maximum atomic E-state index is 12.3. The molecule has 102 valence electrons. The Morgan fingerprint density at radius 2 is 1.85 bits per heavy atom. The van der Waals surface area contributed by atoms with Gasteiger partial charge in [-0.25, -0.2) is 0 Å². The molecule has 1 atom stereocenters. The zero-order chi connectivity index (χ0) is 13.9. The van der Waals surface area contributed by atoms with Gasteiger partial charge in [-0.2, -0.15) is 0 Å². The van der Waals surface area contributed by atoms with Crippen LogP contribution in [-0.2, 0) is 11.2 Å². The summed E-state index contributed by atoms with van der Waals surface area (Å²) < 4.78 is 0. The third kappa shape index (κ3) is 2.80. The molecule has 0 fully saturated rings. The molecule has 4 heteroatoms. The zero-order valence-corrected chi connectivity index (χ0v) is 11.8. The molecule has 1 aliphatic heterocycles. The standard InChI is InChI=1S/C16H16N2OS/c17-12-6-8-13(9-7-12)20-15-10-5-11-3-1-2-4-14(11)18-16(15)19/h1-4,6-9,15H,5,10,17H2,(H,18,19). The number of nitrogen functional groups attached to an aromatic ring is 1. The largest absolute Gasteiger partial charge is 0.399 e. The van der Waals surface area contributed by atoms with Crippen molar-refractivity contribution in [2.75, 3.05) is 11.1 Å². The number of hydrogen-bond acceptors (Lipinski definition) is 3. The number of thioether (sulfide) groups is 1. The second-order valence-electron chi connectivity index (χ2n) is 4.86. The van der Waals surface area contributed by atoms with E-state index in [-0.39, 0.29) is 11.2 Å². The predicted molar refractivity (Wildman–Crippen MR) is 83.9 cm³/mol. The second-order valence-corrected chi connectivity index (χ2v) is 6.14. The van der Waals surface area contributed by atoms with Crippen molar-refractivity contribution < 1.29 is 4.79 Å². The highest BCUT2D eigenvalue weighted by molar-refractivity contribution is 8.00. The maximum absolute atomic E-state index is 12.3. The number of carbonyl (C=O) groups is 1. The molecule has 0 aliphatic carbocycles. The van der Waals surface area contributed by atoms with Crippen molar-refractivity contribution >= 4 is 29.0 Å². The summed E-state index contributed by atoms with van der Waals surface area (Å²) in [6.07, 6.45) is 1.76. The van der Waals surface area contributed by atoms with Gasteiger partial charge in [0.25, 0.3) is 0 Å². The van der Waals surface area contributed by atoms with Gasteiger partial charge < -0.3 is 11.1 Å². The van der Waals surface area contributed by atoms with E-state index in [9.17, 15) is 4.79 Å². The van der Waals surface area contributed by atoms with Crippen molar-refractivity contribution in [3.05, 3.63) is 54.1 Å². The lowest BCUT2D eigenvalue weighted by molar-refractivity contribution is -0.115. The van der Waals surface area contributed by atoms with Crippen LogP contribution >= 0.6 is 11.8 Å². The maximum Gasteiger partial charge on any atom is 0.237 e. The fraction of sp³-hybridized carbons (Fsp3) is 0.188. The SMILES string of the molecule is Nc1ccc(SC2CCc3ccccc3NC2=O)cc1. The molecule has 0 saturated heterocycles. The van der Waals surface area contributed by atoms with Crippen molar-refractivity contribution in [1.29, 1.82) is 0 Å². The van der Waals surface area contributed by atoms with Crippen LogP contribution in [0.1, 0.15) is 12.0 Å². The van der Waals surface area contributed by atoms with Crippen LogP contribution in [0.4, 0.5) is 11.4 Å². The normalized spacial score (nSPS) is 18.0. The molecule has 2 aromatic rings. The third-order valence-electron chi connectivity index (χ3n) is 3.40. The molecule has 1 aliphatic rings. The molecule has 3 N–H and O–H groups in total. The Bertz CT molecular complexity index is 625. The predicted octanol–water partition coefficient (Wildman–Crippen LogP) is 3.31. The van der Waals surface area contributed by atoms with E-state index in [0.717, 1.165) is 29.1 Å². The van der Waals surface area contributed by atoms with Crippen LogP contribution in [0.3, 0.4) is 0 Å². The first-order valence-electron chi connectivity index (χ1n) is 6.63. The third-order valence-corrected chi connectivity index (χ3v) is 4.68. The van der Waals surface area contributed by atoms with E-state index >= 15 is 0 Å². The minimum atomic E-state index is -0.0639. The summed E-state index contributed by atoms with van der Waals surface area (Å²) in [4.78, 5) is 13.4. The van der Waals surface area contributed by atoms with Gasteiger partial charge >= 0.3 is 0 Å². The fourth-order valence-corrected chi connectivity index (χ4v) is 3.34. The number of hydrogen-bond donors (Lipinski definition) is 2. The molecule has 0 spiro atoms. The van der Waals surface area contributed by atoms with Gasteiger partial charge in [-0.15, -0.1) is 11.8 Å². The number of carbonyl (C=O) groups excluding carboxylic acids is 1. The quantitative estimate of drug-likeness (QED) is 0.832. The number of fused-ring (bicyclic) bond motifs is 1. The van der Waals surface area contributed by atoms with E-state index in [1.54, 1.807) is 11.8 Å². The monoisotopic (exact) mass is 284 g/mol. The van der Waals surface area contributed by atoms with Crippen LogP contribution in [0.5, 0.6) is 0 Å². The summed E-state index contributed by atoms with van der Waals surface area (Å²) >= 11 is 1.60. The van der Waals surface area contributed by atoms with Gasteiger partial charge in [0.05, 0.1) is 5.25 Å². The molecule has 0 bridgehead atoms. The Labute approximate surface area is 122 Å². The molecule has 2 aromatic carbocycles. The van der Waals surface area contributed by atoms with Crippen LogP contribution in [0.25, 0.3) is 0 Å². The summed E-state index contributed by atoms with van der Waals surface area (Å²) in [5, 5.41) is 2.96. The number of nitrogens with two attached hydrogens (primary N) is 1. The highest BCUT2D eigenvalue weighted by atomic mass is 32.2. The molecule has 0 radical (unpaired) electrons. The molecule has 3 nitrogen and oxygen atoms in total. The van der Waals surface area contributed by atoms with Crippen molar-refractivity contribution in [3.63, 3.8) is 0 Å². The summed E-state index contributed by atoms with van der Waals surface area (Å²) in [6.45, 7) is 0. The van der Waals surface area contributed by atoms with Crippen LogP contribution in [0.2, 0.25) is 0 Å². The van der Waals surface area contributed by atoms with Crippen molar-refractivity contribution in [1.82, 2.24) is 0 Å². The number of aryl methyl sites for hydroxylation is 1. The number of nitrogens with one attached hydrogen (secondary N) is 1. The molecule has 1 heterocycles. The van der Waals surface area contributed by atoms with Gasteiger partial charge in [-0.05, 0) is 48.7 Å². The minimum Gasteiger partial charge on any atom is -0.399 e. The molecular weight excluding hydrogens is 268 g/mol. The first-order valence-corrected chi connectivity index (χ1v) is 7.51. The number of benzene rings is 2. The number of anilines is 2. The highest BCUT2D eigenvalue weighted by Gasteiger charge is 2.24. The van der Waals surface area contributed by atoms with E-state index in [0.29, 0.717) is 0 Å². The lowest BCUT2D eigenvalue weighted by atomic mass is 10.1.